The third-order valence-corrected chi connectivity index (χ3v) is 3.62. The molecule has 0 aromatic heterocycles. The van der Waals surface area contributed by atoms with E-state index in [1.54, 1.807) is 0 Å². The van der Waals surface area contributed by atoms with Crippen LogP contribution in [-0.2, 0) is 4.79 Å². The van der Waals surface area contributed by atoms with Crippen LogP contribution in [0.1, 0.15) is 26.2 Å². The normalized spacial score (nSPS) is 27.7. The molecule has 0 aromatic carbocycles. The maximum Gasteiger partial charge on any atom is 0.227 e. The Bertz CT molecular complexity index is 299. The summed E-state index contributed by atoms with van der Waals surface area (Å²) in [6.07, 6.45) is 7.25. The summed E-state index contributed by atoms with van der Waals surface area (Å²) in [4.78, 5) is 14.3. The number of nitrogens with zero attached hydrogens (tertiary/aromatic N) is 1. The summed E-state index contributed by atoms with van der Waals surface area (Å²) in [6.45, 7) is 4.98. The Kier molecular flexibility index (Phi) is 4.18. The molecule has 2 unspecified atom stereocenters. The maximum absolute atomic E-state index is 11.8. The molecule has 4 heteroatoms. The number of nitrogens with one attached hydrogen (secondary N) is 1. The lowest BCUT2D eigenvalue weighted by molar-refractivity contribution is -0.123. The maximum atomic E-state index is 11.8. The van der Waals surface area contributed by atoms with Gasteiger partial charge in [-0.2, -0.15) is 0 Å². The van der Waals surface area contributed by atoms with Crippen LogP contribution >= 0.6 is 0 Å². The van der Waals surface area contributed by atoms with Crippen LogP contribution in [0, 0.1) is 5.92 Å². The van der Waals surface area contributed by atoms with E-state index in [9.17, 15) is 4.79 Å². The molecule has 0 radical (unpaired) electrons. The first kappa shape index (κ1) is 12.6. The molecule has 1 saturated carbocycles. The van der Waals surface area contributed by atoms with Crippen molar-refractivity contribution in [3.8, 4) is 0 Å². The monoisotopic (exact) mass is 237 g/mol. The molecule has 0 bridgehead atoms. The first-order valence-electron chi connectivity index (χ1n) is 6.66. The lowest BCUT2D eigenvalue weighted by atomic mass is 10.1. The molecule has 0 aliphatic heterocycles. The van der Waals surface area contributed by atoms with E-state index in [4.69, 9.17) is 5.73 Å². The van der Waals surface area contributed by atoms with Crippen molar-refractivity contribution in [2.45, 2.75) is 38.3 Å². The average Bonchev–Trinajstić information content (AvgIpc) is 3.06. The fraction of sp³-hybridized carbons (Fsp3) is 0.769. The van der Waals surface area contributed by atoms with Gasteiger partial charge in [-0.15, -0.1) is 0 Å². The molecule has 0 aromatic rings. The lowest BCUT2D eigenvalue weighted by Crippen LogP contribution is -2.38. The zero-order chi connectivity index (χ0) is 12.3. The van der Waals surface area contributed by atoms with Gasteiger partial charge in [0.2, 0.25) is 5.91 Å². The number of hydrogen-bond acceptors (Lipinski definition) is 3. The molecule has 0 saturated heterocycles. The highest BCUT2D eigenvalue weighted by atomic mass is 16.1. The second-order valence-corrected chi connectivity index (χ2v) is 5.04. The van der Waals surface area contributed by atoms with Crippen molar-refractivity contribution < 1.29 is 4.79 Å². The molecule has 1 fully saturated rings. The van der Waals surface area contributed by atoms with Gasteiger partial charge < -0.3 is 11.1 Å². The number of carbonyl (C=O) groups is 1. The molecule has 3 N–H and O–H groups in total. The highest BCUT2D eigenvalue weighted by Crippen LogP contribution is 2.25. The van der Waals surface area contributed by atoms with Gasteiger partial charge in [-0.3, -0.25) is 9.69 Å². The minimum Gasteiger partial charge on any atom is -0.354 e. The van der Waals surface area contributed by atoms with E-state index < -0.39 is 0 Å². The Balaban J connectivity index is 1.64. The van der Waals surface area contributed by atoms with Crippen molar-refractivity contribution in [3.63, 3.8) is 0 Å². The zero-order valence-electron chi connectivity index (χ0n) is 10.6. The van der Waals surface area contributed by atoms with Gasteiger partial charge in [0.15, 0.2) is 0 Å². The molecule has 0 spiro atoms. The van der Waals surface area contributed by atoms with E-state index in [1.165, 1.54) is 12.8 Å². The summed E-state index contributed by atoms with van der Waals surface area (Å²) in [6, 6.07) is 0.834. The molecule has 1 amide bonds. The molecule has 96 valence electrons. The van der Waals surface area contributed by atoms with E-state index in [0.717, 1.165) is 32.1 Å². The van der Waals surface area contributed by atoms with E-state index in [2.05, 4.69) is 17.1 Å². The van der Waals surface area contributed by atoms with Crippen LogP contribution in [0.25, 0.3) is 0 Å². The van der Waals surface area contributed by atoms with Crippen LogP contribution in [0.5, 0.6) is 0 Å². The predicted octanol–water partition coefficient (Wildman–Crippen LogP) is 0.490. The van der Waals surface area contributed by atoms with Crippen LogP contribution in [0.3, 0.4) is 0 Å². The van der Waals surface area contributed by atoms with Crippen molar-refractivity contribution in [2.24, 2.45) is 11.7 Å². The van der Waals surface area contributed by atoms with Crippen LogP contribution in [0.4, 0.5) is 0 Å². The number of rotatable bonds is 6. The highest BCUT2D eigenvalue weighted by molar-refractivity contribution is 5.81. The van der Waals surface area contributed by atoms with Gasteiger partial charge in [0.25, 0.3) is 0 Å². The second-order valence-electron chi connectivity index (χ2n) is 5.04. The fourth-order valence-electron chi connectivity index (χ4n) is 2.41. The van der Waals surface area contributed by atoms with Crippen molar-refractivity contribution >= 4 is 5.91 Å². The summed E-state index contributed by atoms with van der Waals surface area (Å²) in [5.41, 5.74) is 5.73. The third-order valence-electron chi connectivity index (χ3n) is 3.62. The molecule has 2 rings (SSSR count). The molecule has 2 atom stereocenters. The summed E-state index contributed by atoms with van der Waals surface area (Å²) in [5.74, 6) is 0.113. The van der Waals surface area contributed by atoms with Crippen LogP contribution in [-0.4, -0.2) is 42.5 Å². The quantitative estimate of drug-likeness (QED) is 0.661. The predicted molar refractivity (Wildman–Crippen MR) is 68.5 cm³/mol. The van der Waals surface area contributed by atoms with Crippen molar-refractivity contribution in [2.75, 3.05) is 19.6 Å². The lowest BCUT2D eigenvalue weighted by Gasteiger charge is -2.20. The van der Waals surface area contributed by atoms with E-state index in [-0.39, 0.29) is 17.9 Å². The van der Waals surface area contributed by atoms with Gasteiger partial charge in [0, 0.05) is 25.2 Å². The second kappa shape index (κ2) is 5.65. The SMILES string of the molecule is CCN(CCNC(=O)C1C=CC(N)C1)C1CC1. The van der Waals surface area contributed by atoms with Crippen LogP contribution in [0.15, 0.2) is 12.2 Å². The minimum absolute atomic E-state index is 0.0130. The largest absolute Gasteiger partial charge is 0.354 e. The molecule has 2 aliphatic rings. The summed E-state index contributed by atoms with van der Waals surface area (Å²) < 4.78 is 0. The van der Waals surface area contributed by atoms with E-state index >= 15 is 0 Å². The first-order valence-corrected chi connectivity index (χ1v) is 6.66. The van der Waals surface area contributed by atoms with Crippen LogP contribution in [0.2, 0.25) is 0 Å². The Labute approximate surface area is 103 Å². The van der Waals surface area contributed by atoms with Gasteiger partial charge in [-0.05, 0) is 25.8 Å². The van der Waals surface area contributed by atoms with E-state index in [0.29, 0.717) is 0 Å². The molecule has 4 nitrogen and oxygen atoms in total. The van der Waals surface area contributed by atoms with Crippen molar-refractivity contribution in [1.29, 1.82) is 0 Å². The Morgan fingerprint density at radius 3 is 2.76 bits per heavy atom. The number of likely N-dealkylation sites (N-methyl/N-ethyl adjacent to an activating group) is 1. The molecule has 17 heavy (non-hydrogen) atoms. The Hall–Kier alpha value is -0.870. The number of hydrogen-bond donors (Lipinski definition) is 2. The van der Waals surface area contributed by atoms with Gasteiger partial charge >= 0.3 is 0 Å². The third kappa shape index (κ3) is 3.54. The number of amides is 1. The summed E-state index contributed by atoms with van der Waals surface area (Å²) in [7, 11) is 0. The van der Waals surface area contributed by atoms with Gasteiger partial charge in [-0.1, -0.05) is 19.1 Å². The smallest absolute Gasteiger partial charge is 0.227 e. The zero-order valence-corrected chi connectivity index (χ0v) is 10.6. The van der Waals surface area contributed by atoms with Gasteiger partial charge in [0.05, 0.1) is 5.92 Å². The summed E-state index contributed by atoms with van der Waals surface area (Å²) in [5, 5.41) is 3.01. The van der Waals surface area contributed by atoms with Gasteiger partial charge in [0.1, 0.15) is 0 Å². The molecule has 0 heterocycles. The van der Waals surface area contributed by atoms with Crippen molar-refractivity contribution in [1.82, 2.24) is 10.2 Å². The topological polar surface area (TPSA) is 58.4 Å². The highest BCUT2D eigenvalue weighted by Gasteiger charge is 2.27. The fourth-order valence-corrected chi connectivity index (χ4v) is 2.41. The first-order chi connectivity index (χ1) is 8.20. The number of carbonyl (C=O) groups excluding carboxylic acids is 1. The summed E-state index contributed by atoms with van der Waals surface area (Å²) >= 11 is 0. The van der Waals surface area contributed by atoms with Gasteiger partial charge in [-0.25, -0.2) is 0 Å². The van der Waals surface area contributed by atoms with Crippen LogP contribution < -0.4 is 11.1 Å². The van der Waals surface area contributed by atoms with Crippen molar-refractivity contribution in [3.05, 3.63) is 12.2 Å². The Morgan fingerprint density at radius 2 is 2.24 bits per heavy atom. The Morgan fingerprint density at radius 1 is 1.47 bits per heavy atom. The minimum atomic E-state index is -0.0130. The standard InChI is InChI=1S/C13H23N3O/c1-2-16(12-5-6-12)8-7-15-13(17)10-3-4-11(14)9-10/h3-4,10-12H,2,5-9,14H2,1H3,(H,15,17). The molecular weight excluding hydrogens is 214 g/mol. The van der Waals surface area contributed by atoms with E-state index in [1.807, 2.05) is 12.2 Å². The average molecular weight is 237 g/mol. The molecular formula is C13H23N3O. The molecule has 2 aliphatic carbocycles. The number of nitrogens with two attached hydrogens (primary N) is 1.